The number of nitrogens with zero attached hydrogens (tertiary/aromatic N) is 2. The van der Waals surface area contributed by atoms with Crippen LogP contribution in [0.2, 0.25) is 0 Å². The third kappa shape index (κ3) is 4.67. The van der Waals surface area contributed by atoms with Crippen molar-refractivity contribution < 1.29 is 9.47 Å². The number of benzene rings is 2. The van der Waals surface area contributed by atoms with Gasteiger partial charge in [0.1, 0.15) is 11.9 Å². The molecule has 0 spiro atoms. The predicted octanol–water partition coefficient (Wildman–Crippen LogP) is 5.54. The molecule has 0 saturated heterocycles. The van der Waals surface area contributed by atoms with E-state index in [1.807, 2.05) is 55.5 Å². The number of fused-ring (bicyclic) bond motifs is 1. The molecule has 0 aliphatic rings. The minimum atomic E-state index is 0.454. The topological polar surface area (TPSA) is 70.9 Å². The van der Waals surface area contributed by atoms with E-state index < -0.39 is 0 Å². The van der Waals surface area contributed by atoms with Crippen molar-refractivity contribution in [1.82, 2.24) is 9.97 Å². The summed E-state index contributed by atoms with van der Waals surface area (Å²) in [6, 6.07) is 13.9. The average Bonchev–Trinajstić information content (AvgIpc) is 3.16. The Hall–Kier alpha value is -3.52. The fourth-order valence-electron chi connectivity index (χ4n) is 3.11. The minimum absolute atomic E-state index is 0.454. The molecule has 3 rings (SSSR count). The molecule has 0 aliphatic carbocycles. The lowest BCUT2D eigenvalue weighted by molar-refractivity contribution is 0.275. The standard InChI is InChI=1S/C24H25N3O2/c1-4-9-18-13-17(15-22(28-6-3)23(18)29-12-5-2)14-19(16-25)24-26-20-10-7-8-11-21(20)27-24/h4,7-8,10-11,13-15H,1,5-6,9,12H2,2-3H3,(H,26,27)/b19-14+. The van der Waals surface area contributed by atoms with Gasteiger partial charge < -0.3 is 14.5 Å². The van der Waals surface area contributed by atoms with Crippen LogP contribution in [0.25, 0.3) is 22.7 Å². The zero-order valence-electron chi connectivity index (χ0n) is 16.9. The molecule has 0 fully saturated rings. The molecule has 3 aromatic rings. The van der Waals surface area contributed by atoms with Crippen molar-refractivity contribution in [1.29, 1.82) is 5.26 Å². The fourth-order valence-corrected chi connectivity index (χ4v) is 3.11. The summed E-state index contributed by atoms with van der Waals surface area (Å²) in [6.45, 7) is 9.00. The summed E-state index contributed by atoms with van der Waals surface area (Å²) in [6.07, 6.45) is 5.21. The SMILES string of the molecule is C=CCc1cc(/C=C(\C#N)c2nc3ccccc3[nH]2)cc(OCC)c1OCCC. The molecule has 29 heavy (non-hydrogen) atoms. The van der Waals surface area contributed by atoms with Crippen LogP contribution < -0.4 is 9.47 Å². The van der Waals surface area contributed by atoms with Crippen LogP contribution in [0.3, 0.4) is 0 Å². The number of nitrogens with one attached hydrogen (secondary N) is 1. The number of hydrogen-bond acceptors (Lipinski definition) is 4. The van der Waals surface area contributed by atoms with Gasteiger partial charge in [0.2, 0.25) is 0 Å². The third-order valence-corrected chi connectivity index (χ3v) is 4.34. The first-order valence-corrected chi connectivity index (χ1v) is 9.80. The van der Waals surface area contributed by atoms with Crippen molar-refractivity contribution in [2.75, 3.05) is 13.2 Å². The van der Waals surface area contributed by atoms with E-state index in [-0.39, 0.29) is 0 Å². The maximum atomic E-state index is 9.73. The lowest BCUT2D eigenvalue weighted by Crippen LogP contribution is -2.03. The Kier molecular flexibility index (Phi) is 6.70. The highest BCUT2D eigenvalue weighted by molar-refractivity contribution is 5.90. The molecule has 5 nitrogen and oxygen atoms in total. The quantitative estimate of drug-likeness (QED) is 0.386. The predicted molar refractivity (Wildman–Crippen MR) is 117 cm³/mol. The van der Waals surface area contributed by atoms with Crippen molar-refractivity contribution in [3.8, 4) is 17.6 Å². The van der Waals surface area contributed by atoms with Gasteiger partial charge in [-0.3, -0.25) is 0 Å². The maximum Gasteiger partial charge on any atom is 0.164 e. The Morgan fingerprint density at radius 1 is 1.24 bits per heavy atom. The van der Waals surface area contributed by atoms with Crippen LogP contribution in [-0.2, 0) is 6.42 Å². The number of para-hydroxylation sites is 2. The maximum absolute atomic E-state index is 9.73. The number of hydrogen-bond donors (Lipinski definition) is 1. The molecule has 0 radical (unpaired) electrons. The van der Waals surface area contributed by atoms with E-state index in [0.717, 1.165) is 34.3 Å². The Morgan fingerprint density at radius 3 is 2.76 bits per heavy atom. The number of rotatable bonds is 9. The Balaban J connectivity index is 2.07. The number of aromatic nitrogens is 2. The van der Waals surface area contributed by atoms with Gasteiger partial charge in [-0.15, -0.1) is 6.58 Å². The summed E-state index contributed by atoms with van der Waals surface area (Å²) in [5.41, 5.74) is 4.01. The van der Waals surface area contributed by atoms with E-state index in [2.05, 4.69) is 29.5 Å². The molecule has 148 valence electrons. The molecule has 5 heteroatoms. The van der Waals surface area contributed by atoms with Gasteiger partial charge in [0, 0.05) is 5.56 Å². The third-order valence-electron chi connectivity index (χ3n) is 4.34. The van der Waals surface area contributed by atoms with Crippen molar-refractivity contribution in [2.24, 2.45) is 0 Å². The van der Waals surface area contributed by atoms with Crippen LogP contribution in [0.1, 0.15) is 37.2 Å². The van der Waals surface area contributed by atoms with Crippen molar-refractivity contribution >= 4 is 22.7 Å². The molecule has 0 bridgehead atoms. The van der Waals surface area contributed by atoms with Crippen LogP contribution >= 0.6 is 0 Å². The van der Waals surface area contributed by atoms with E-state index in [4.69, 9.17) is 9.47 Å². The zero-order valence-corrected chi connectivity index (χ0v) is 16.9. The first-order valence-electron chi connectivity index (χ1n) is 9.80. The summed E-state index contributed by atoms with van der Waals surface area (Å²) in [7, 11) is 0. The van der Waals surface area contributed by atoms with Gasteiger partial charge in [-0.1, -0.05) is 25.1 Å². The molecule has 0 atom stereocenters. The van der Waals surface area contributed by atoms with E-state index in [0.29, 0.717) is 36.8 Å². The number of H-pyrrole nitrogens is 1. The van der Waals surface area contributed by atoms with Gasteiger partial charge in [-0.25, -0.2) is 4.98 Å². The van der Waals surface area contributed by atoms with Crippen LogP contribution in [0.4, 0.5) is 0 Å². The molecule has 1 heterocycles. The summed E-state index contributed by atoms with van der Waals surface area (Å²) < 4.78 is 11.8. The van der Waals surface area contributed by atoms with E-state index in [1.54, 1.807) is 0 Å². The summed E-state index contributed by atoms with van der Waals surface area (Å²) in [5, 5.41) is 9.73. The highest BCUT2D eigenvalue weighted by Crippen LogP contribution is 2.35. The van der Waals surface area contributed by atoms with Gasteiger partial charge in [0.25, 0.3) is 0 Å². The second kappa shape index (κ2) is 9.61. The van der Waals surface area contributed by atoms with Gasteiger partial charge in [-0.2, -0.15) is 5.26 Å². The van der Waals surface area contributed by atoms with Crippen molar-refractivity contribution in [2.45, 2.75) is 26.7 Å². The van der Waals surface area contributed by atoms with Crippen molar-refractivity contribution in [3.05, 3.63) is 66.0 Å². The van der Waals surface area contributed by atoms with Crippen LogP contribution in [0, 0.1) is 11.3 Å². The molecular formula is C24H25N3O2. The van der Waals surface area contributed by atoms with E-state index >= 15 is 0 Å². The minimum Gasteiger partial charge on any atom is -0.490 e. The molecule has 1 aromatic heterocycles. The second-order valence-corrected chi connectivity index (χ2v) is 6.55. The summed E-state index contributed by atoms with van der Waals surface area (Å²) in [5.74, 6) is 1.96. The van der Waals surface area contributed by atoms with E-state index in [1.165, 1.54) is 0 Å². The number of imidazole rings is 1. The Morgan fingerprint density at radius 2 is 2.07 bits per heavy atom. The number of nitriles is 1. The molecule has 0 aliphatic heterocycles. The number of aromatic amines is 1. The highest BCUT2D eigenvalue weighted by atomic mass is 16.5. The van der Waals surface area contributed by atoms with Gasteiger partial charge in [0.05, 0.1) is 29.8 Å². The largest absolute Gasteiger partial charge is 0.490 e. The smallest absolute Gasteiger partial charge is 0.164 e. The highest BCUT2D eigenvalue weighted by Gasteiger charge is 2.14. The fraction of sp³-hybridized carbons (Fsp3) is 0.250. The molecule has 0 unspecified atom stereocenters. The second-order valence-electron chi connectivity index (χ2n) is 6.55. The van der Waals surface area contributed by atoms with Crippen LogP contribution in [-0.4, -0.2) is 23.2 Å². The summed E-state index contributed by atoms with van der Waals surface area (Å²) in [4.78, 5) is 7.75. The molecule has 0 saturated carbocycles. The van der Waals surface area contributed by atoms with Crippen LogP contribution in [0.5, 0.6) is 11.5 Å². The summed E-state index contributed by atoms with van der Waals surface area (Å²) >= 11 is 0. The lowest BCUT2D eigenvalue weighted by atomic mass is 10.0. The first kappa shape index (κ1) is 20.2. The average molecular weight is 387 g/mol. The normalized spacial score (nSPS) is 11.3. The lowest BCUT2D eigenvalue weighted by Gasteiger charge is -2.16. The van der Waals surface area contributed by atoms with Gasteiger partial charge in [0.15, 0.2) is 11.5 Å². The Labute approximate surface area is 171 Å². The van der Waals surface area contributed by atoms with Gasteiger partial charge in [-0.05, 0) is 55.7 Å². The molecule has 1 N–H and O–H groups in total. The molecule has 2 aromatic carbocycles. The number of ether oxygens (including phenoxy) is 2. The first-order chi connectivity index (χ1) is 14.2. The zero-order chi connectivity index (χ0) is 20.6. The van der Waals surface area contributed by atoms with Crippen molar-refractivity contribution in [3.63, 3.8) is 0 Å². The van der Waals surface area contributed by atoms with Gasteiger partial charge >= 0.3 is 0 Å². The molecular weight excluding hydrogens is 362 g/mol. The number of allylic oxidation sites excluding steroid dienone is 2. The monoisotopic (exact) mass is 387 g/mol. The van der Waals surface area contributed by atoms with Crippen LogP contribution in [0.15, 0.2) is 49.1 Å². The van der Waals surface area contributed by atoms with E-state index in [9.17, 15) is 5.26 Å². The Bertz CT molecular complexity index is 1040. The molecule has 0 amide bonds.